The van der Waals surface area contributed by atoms with E-state index in [0.717, 1.165) is 18.4 Å². The first kappa shape index (κ1) is 21.6. The first-order valence-electron chi connectivity index (χ1n) is 10.6. The van der Waals surface area contributed by atoms with E-state index in [2.05, 4.69) is 11.1 Å². The maximum Gasteiger partial charge on any atom is 0.416 e. The van der Waals surface area contributed by atoms with Crippen molar-refractivity contribution in [1.82, 2.24) is 4.98 Å². The zero-order chi connectivity index (χ0) is 22.9. The minimum absolute atomic E-state index is 0.115. The first-order valence-corrected chi connectivity index (χ1v) is 10.6. The molecule has 1 aromatic carbocycles. The van der Waals surface area contributed by atoms with Crippen LogP contribution in [0.2, 0.25) is 0 Å². The molecule has 8 heteroatoms. The molecule has 2 heterocycles. The van der Waals surface area contributed by atoms with E-state index in [1.165, 1.54) is 9.80 Å². The summed E-state index contributed by atoms with van der Waals surface area (Å²) in [5.41, 5.74) is 0.617. The molecule has 0 unspecified atom stereocenters. The van der Waals surface area contributed by atoms with Gasteiger partial charge in [0, 0.05) is 11.9 Å². The summed E-state index contributed by atoms with van der Waals surface area (Å²) in [6.45, 7) is 5.78. The van der Waals surface area contributed by atoms with Crippen LogP contribution in [0.1, 0.15) is 39.2 Å². The van der Waals surface area contributed by atoms with Crippen molar-refractivity contribution in [2.45, 2.75) is 50.7 Å². The first-order chi connectivity index (χ1) is 15.2. The Kier molecular flexibility index (Phi) is 5.51. The van der Waals surface area contributed by atoms with E-state index in [1.807, 2.05) is 24.3 Å². The highest BCUT2D eigenvalue weighted by atomic mass is 16.6. The van der Waals surface area contributed by atoms with Crippen molar-refractivity contribution in [3.63, 3.8) is 0 Å². The fourth-order valence-corrected chi connectivity index (χ4v) is 3.67. The topological polar surface area (TPSA) is 95.8 Å². The van der Waals surface area contributed by atoms with Crippen LogP contribution in [0, 0.1) is 11.3 Å². The molecule has 4 rings (SSSR count). The Labute approximate surface area is 187 Å². The summed E-state index contributed by atoms with van der Waals surface area (Å²) >= 11 is 0. The lowest BCUT2D eigenvalue weighted by atomic mass is 9.97. The third-order valence-electron chi connectivity index (χ3n) is 5.50. The zero-order valence-corrected chi connectivity index (χ0v) is 18.4. The summed E-state index contributed by atoms with van der Waals surface area (Å²) in [6.07, 6.45) is 1.74. The van der Waals surface area contributed by atoms with Gasteiger partial charge in [-0.15, -0.1) is 0 Å². The molecule has 2 aromatic rings. The van der Waals surface area contributed by atoms with E-state index in [-0.39, 0.29) is 18.5 Å². The third kappa shape index (κ3) is 4.52. The predicted molar refractivity (Wildman–Crippen MR) is 118 cm³/mol. The Balaban J connectivity index is 1.48. The quantitative estimate of drug-likeness (QED) is 0.692. The Morgan fingerprint density at radius 1 is 1.28 bits per heavy atom. The summed E-state index contributed by atoms with van der Waals surface area (Å²) < 4.78 is 11.1. The molecule has 1 atom stereocenters. The predicted octanol–water partition coefficient (Wildman–Crippen LogP) is 4.40. The number of nitriles is 1. The Bertz CT molecular complexity index is 1040. The number of rotatable bonds is 5. The lowest BCUT2D eigenvalue weighted by Crippen LogP contribution is -2.42. The highest BCUT2D eigenvalue weighted by Gasteiger charge is 2.45. The number of benzene rings is 1. The number of cyclic esters (lactones) is 1. The molecule has 2 aliphatic rings. The minimum atomic E-state index is -0.674. The van der Waals surface area contributed by atoms with Crippen molar-refractivity contribution < 1.29 is 19.1 Å². The number of hydrogen-bond acceptors (Lipinski definition) is 6. The number of anilines is 2. The number of ether oxygens (including phenoxy) is 2. The number of aromatic nitrogens is 1. The van der Waals surface area contributed by atoms with E-state index in [1.54, 1.807) is 45.2 Å². The smallest absolute Gasteiger partial charge is 0.416 e. The van der Waals surface area contributed by atoms with Gasteiger partial charge in [-0.25, -0.2) is 14.6 Å². The molecule has 1 aliphatic carbocycles. The van der Waals surface area contributed by atoms with Gasteiger partial charge in [0.05, 0.1) is 24.6 Å². The Morgan fingerprint density at radius 2 is 2.00 bits per heavy atom. The molecule has 166 valence electrons. The maximum absolute atomic E-state index is 12.8. The molecule has 0 N–H and O–H groups in total. The van der Waals surface area contributed by atoms with Crippen molar-refractivity contribution in [3.05, 3.63) is 54.2 Å². The second kappa shape index (κ2) is 8.15. The highest BCUT2D eigenvalue weighted by molar-refractivity contribution is 5.91. The number of carbonyl (C=O) groups excluding carboxylic acids is 2. The van der Waals surface area contributed by atoms with Crippen LogP contribution in [0.4, 0.5) is 21.1 Å². The van der Waals surface area contributed by atoms with Gasteiger partial charge in [-0.1, -0.05) is 18.2 Å². The Morgan fingerprint density at radius 3 is 2.56 bits per heavy atom. The molecule has 2 amide bonds. The van der Waals surface area contributed by atoms with Crippen molar-refractivity contribution in [2.24, 2.45) is 0 Å². The van der Waals surface area contributed by atoms with E-state index in [9.17, 15) is 14.9 Å². The van der Waals surface area contributed by atoms with Crippen LogP contribution < -0.4 is 9.80 Å². The number of carbonyl (C=O) groups is 2. The molecule has 2 fully saturated rings. The third-order valence-corrected chi connectivity index (χ3v) is 5.50. The van der Waals surface area contributed by atoms with Crippen molar-refractivity contribution in [3.8, 4) is 6.07 Å². The average Bonchev–Trinajstić information content (AvgIpc) is 3.48. The molecule has 32 heavy (non-hydrogen) atoms. The lowest BCUT2D eigenvalue weighted by molar-refractivity contribution is 0.0557. The van der Waals surface area contributed by atoms with Gasteiger partial charge < -0.3 is 9.47 Å². The zero-order valence-electron chi connectivity index (χ0n) is 18.4. The summed E-state index contributed by atoms with van der Waals surface area (Å²) in [6, 6.07) is 15.1. The van der Waals surface area contributed by atoms with Crippen LogP contribution in [0.5, 0.6) is 0 Å². The fourth-order valence-electron chi connectivity index (χ4n) is 3.67. The molecule has 0 radical (unpaired) electrons. The second-order valence-corrected chi connectivity index (χ2v) is 9.14. The standard InChI is InChI=1S/C24H26N4O4/c1-23(2,3)32-22(30)28(20-6-4-5-13-26-20)15-19-14-27(21(29)31-19)18-9-7-17(8-10-18)24(16-25)11-12-24/h4-10,13,19H,11-12,14-15H2,1-3H3/t19-/m0/s1. The van der Waals surface area contributed by atoms with Gasteiger partial charge in [-0.3, -0.25) is 9.80 Å². The normalized spacial score (nSPS) is 19.1. The maximum atomic E-state index is 12.8. The minimum Gasteiger partial charge on any atom is -0.443 e. The average molecular weight is 434 g/mol. The molecule has 1 saturated heterocycles. The molecule has 1 aromatic heterocycles. The monoisotopic (exact) mass is 434 g/mol. The Hall–Kier alpha value is -3.60. The summed E-state index contributed by atoms with van der Waals surface area (Å²) in [5, 5.41) is 9.38. The SMILES string of the molecule is CC(C)(C)OC(=O)N(C[C@@H]1CN(c2ccc(C3(C#N)CC3)cc2)C(=O)O1)c1ccccn1. The fraction of sp³-hybridized carbons (Fsp3) is 0.417. The molecule has 8 nitrogen and oxygen atoms in total. The molecular weight excluding hydrogens is 408 g/mol. The largest absolute Gasteiger partial charge is 0.443 e. The van der Waals surface area contributed by atoms with E-state index in [0.29, 0.717) is 11.5 Å². The second-order valence-electron chi connectivity index (χ2n) is 9.14. The molecule has 0 bridgehead atoms. The highest BCUT2D eigenvalue weighted by Crippen LogP contribution is 2.47. The lowest BCUT2D eigenvalue weighted by Gasteiger charge is -2.27. The van der Waals surface area contributed by atoms with Crippen molar-refractivity contribution >= 4 is 23.7 Å². The van der Waals surface area contributed by atoms with Crippen LogP contribution in [-0.2, 0) is 14.9 Å². The molecular formula is C24H26N4O4. The van der Waals surface area contributed by atoms with Crippen LogP contribution >= 0.6 is 0 Å². The molecule has 1 aliphatic heterocycles. The van der Waals surface area contributed by atoms with E-state index < -0.39 is 23.9 Å². The summed E-state index contributed by atoms with van der Waals surface area (Å²) in [5.74, 6) is 0.423. The van der Waals surface area contributed by atoms with Crippen LogP contribution in [0.15, 0.2) is 48.7 Å². The van der Waals surface area contributed by atoms with Crippen LogP contribution in [0.3, 0.4) is 0 Å². The number of nitrogens with zero attached hydrogens (tertiary/aromatic N) is 4. The van der Waals surface area contributed by atoms with Gasteiger partial charge in [0.25, 0.3) is 0 Å². The van der Waals surface area contributed by atoms with Gasteiger partial charge in [-0.2, -0.15) is 5.26 Å². The van der Waals surface area contributed by atoms with Gasteiger partial charge in [0.1, 0.15) is 17.5 Å². The van der Waals surface area contributed by atoms with Gasteiger partial charge >= 0.3 is 12.2 Å². The van der Waals surface area contributed by atoms with E-state index >= 15 is 0 Å². The van der Waals surface area contributed by atoms with Crippen LogP contribution in [-0.4, -0.2) is 42.0 Å². The number of pyridine rings is 1. The van der Waals surface area contributed by atoms with Crippen molar-refractivity contribution in [1.29, 1.82) is 5.26 Å². The van der Waals surface area contributed by atoms with Gasteiger partial charge in [0.2, 0.25) is 0 Å². The summed E-state index contributed by atoms with van der Waals surface area (Å²) in [4.78, 5) is 32.6. The van der Waals surface area contributed by atoms with Gasteiger partial charge in [0.15, 0.2) is 0 Å². The van der Waals surface area contributed by atoms with Crippen LogP contribution in [0.25, 0.3) is 0 Å². The molecule has 0 spiro atoms. The number of amides is 2. The van der Waals surface area contributed by atoms with E-state index in [4.69, 9.17) is 9.47 Å². The molecule has 1 saturated carbocycles. The van der Waals surface area contributed by atoms with Gasteiger partial charge in [-0.05, 0) is 63.4 Å². The van der Waals surface area contributed by atoms with Crippen molar-refractivity contribution in [2.75, 3.05) is 22.9 Å². The summed E-state index contributed by atoms with van der Waals surface area (Å²) in [7, 11) is 0. The number of hydrogen-bond donors (Lipinski definition) is 0.